The van der Waals surface area contributed by atoms with E-state index in [1.54, 1.807) is 0 Å². The summed E-state index contributed by atoms with van der Waals surface area (Å²) in [6.45, 7) is 4.44. The van der Waals surface area contributed by atoms with Crippen molar-refractivity contribution < 1.29 is 9.47 Å². The van der Waals surface area contributed by atoms with Gasteiger partial charge in [-0.25, -0.2) is 0 Å². The molecule has 102 valence electrons. The van der Waals surface area contributed by atoms with E-state index >= 15 is 0 Å². The highest BCUT2D eigenvalue weighted by Gasteiger charge is 2.29. The van der Waals surface area contributed by atoms with Gasteiger partial charge in [0.05, 0.1) is 0 Å². The molecule has 0 aliphatic carbocycles. The van der Waals surface area contributed by atoms with Crippen LogP contribution in [0.2, 0.25) is 0 Å². The number of hydrogen-bond acceptors (Lipinski definition) is 2. The van der Waals surface area contributed by atoms with Gasteiger partial charge in [-0.1, -0.05) is 48.5 Å². The molecule has 0 saturated carbocycles. The standard InChI is InChI=1S/C18H18O2/c1-2-8-15(14-9-4-3-5-10-14)18-13-19-16-11-6-7-12-17(16)20-18/h2-7,9-12,15,18H,1,8,13H2. The highest BCUT2D eigenvalue weighted by atomic mass is 16.6. The quantitative estimate of drug-likeness (QED) is 0.773. The van der Waals surface area contributed by atoms with Crippen LogP contribution in [-0.4, -0.2) is 12.7 Å². The van der Waals surface area contributed by atoms with Gasteiger partial charge in [0.2, 0.25) is 0 Å². The Bertz CT molecular complexity index is 577. The molecule has 0 fully saturated rings. The maximum atomic E-state index is 6.13. The second-order valence-electron chi connectivity index (χ2n) is 4.96. The number of hydrogen-bond donors (Lipinski definition) is 0. The second-order valence-corrected chi connectivity index (χ2v) is 4.96. The van der Waals surface area contributed by atoms with Gasteiger partial charge in [0.25, 0.3) is 0 Å². The van der Waals surface area contributed by atoms with E-state index < -0.39 is 0 Å². The summed E-state index contributed by atoms with van der Waals surface area (Å²) in [4.78, 5) is 0. The third kappa shape index (κ3) is 2.55. The van der Waals surface area contributed by atoms with Gasteiger partial charge in [0.15, 0.2) is 11.5 Å². The summed E-state index contributed by atoms with van der Waals surface area (Å²) in [7, 11) is 0. The Labute approximate surface area is 119 Å². The topological polar surface area (TPSA) is 18.5 Å². The van der Waals surface area contributed by atoms with Gasteiger partial charge in [0.1, 0.15) is 12.7 Å². The summed E-state index contributed by atoms with van der Waals surface area (Å²) >= 11 is 0. The Morgan fingerprint density at radius 2 is 1.75 bits per heavy atom. The van der Waals surface area contributed by atoms with Crippen LogP contribution in [0, 0.1) is 0 Å². The Morgan fingerprint density at radius 1 is 1.05 bits per heavy atom. The molecule has 2 aromatic carbocycles. The van der Waals surface area contributed by atoms with Gasteiger partial charge in [-0.05, 0) is 24.1 Å². The minimum Gasteiger partial charge on any atom is -0.486 e. The molecular formula is C18H18O2. The Hall–Kier alpha value is -2.22. The first-order valence-corrected chi connectivity index (χ1v) is 6.93. The number of para-hydroxylation sites is 2. The van der Waals surface area contributed by atoms with Gasteiger partial charge >= 0.3 is 0 Å². The van der Waals surface area contributed by atoms with Crippen molar-refractivity contribution in [3.8, 4) is 11.5 Å². The molecule has 0 N–H and O–H groups in total. The van der Waals surface area contributed by atoms with E-state index in [1.165, 1.54) is 5.56 Å². The second kappa shape index (κ2) is 5.83. The summed E-state index contributed by atoms with van der Waals surface area (Å²) in [5, 5.41) is 0. The Morgan fingerprint density at radius 3 is 2.50 bits per heavy atom. The van der Waals surface area contributed by atoms with E-state index in [4.69, 9.17) is 9.47 Å². The summed E-state index contributed by atoms with van der Waals surface area (Å²) in [5.41, 5.74) is 1.26. The predicted octanol–water partition coefficient (Wildman–Crippen LogP) is 4.19. The number of allylic oxidation sites excluding steroid dienone is 1. The lowest BCUT2D eigenvalue weighted by molar-refractivity contribution is 0.0713. The predicted molar refractivity (Wildman–Crippen MR) is 80.4 cm³/mol. The minimum absolute atomic E-state index is 0.0188. The molecule has 0 aromatic heterocycles. The monoisotopic (exact) mass is 266 g/mol. The van der Waals surface area contributed by atoms with E-state index in [2.05, 4.69) is 30.8 Å². The average Bonchev–Trinajstić information content (AvgIpc) is 2.53. The first-order valence-electron chi connectivity index (χ1n) is 6.93. The zero-order valence-corrected chi connectivity index (χ0v) is 11.4. The van der Waals surface area contributed by atoms with E-state index in [0.29, 0.717) is 6.61 Å². The number of ether oxygens (including phenoxy) is 2. The molecule has 2 nitrogen and oxygen atoms in total. The minimum atomic E-state index is 0.0188. The van der Waals surface area contributed by atoms with Crippen molar-refractivity contribution in [1.29, 1.82) is 0 Å². The number of fused-ring (bicyclic) bond motifs is 1. The molecular weight excluding hydrogens is 248 g/mol. The molecule has 1 aliphatic rings. The van der Waals surface area contributed by atoms with E-state index in [9.17, 15) is 0 Å². The van der Waals surface area contributed by atoms with E-state index in [1.807, 2.05) is 36.4 Å². The molecule has 0 bridgehead atoms. The van der Waals surface area contributed by atoms with Crippen molar-refractivity contribution in [3.05, 3.63) is 72.8 Å². The normalized spacial score (nSPS) is 18.3. The molecule has 2 aromatic rings. The average molecular weight is 266 g/mol. The maximum Gasteiger partial charge on any atom is 0.161 e. The highest BCUT2D eigenvalue weighted by Crippen LogP contribution is 2.36. The lowest BCUT2D eigenvalue weighted by atomic mass is 9.90. The summed E-state index contributed by atoms with van der Waals surface area (Å²) in [6, 6.07) is 18.2. The molecule has 20 heavy (non-hydrogen) atoms. The van der Waals surface area contributed by atoms with Gasteiger partial charge in [-0.15, -0.1) is 6.58 Å². The van der Waals surface area contributed by atoms with Crippen LogP contribution in [0.4, 0.5) is 0 Å². The summed E-state index contributed by atoms with van der Waals surface area (Å²) in [5.74, 6) is 1.92. The van der Waals surface area contributed by atoms with Crippen LogP contribution in [-0.2, 0) is 0 Å². The SMILES string of the molecule is C=CCC(c1ccccc1)C1COc2ccccc2O1. The van der Waals surface area contributed by atoms with Crippen LogP contribution in [0.5, 0.6) is 11.5 Å². The van der Waals surface area contributed by atoms with E-state index in [-0.39, 0.29) is 12.0 Å². The van der Waals surface area contributed by atoms with Crippen molar-refractivity contribution >= 4 is 0 Å². The van der Waals surface area contributed by atoms with E-state index in [0.717, 1.165) is 17.9 Å². The van der Waals surface area contributed by atoms with Gasteiger partial charge in [-0.2, -0.15) is 0 Å². The fourth-order valence-electron chi connectivity index (χ4n) is 2.62. The van der Waals surface area contributed by atoms with Crippen LogP contribution < -0.4 is 9.47 Å². The van der Waals surface area contributed by atoms with Crippen LogP contribution in [0.25, 0.3) is 0 Å². The zero-order valence-electron chi connectivity index (χ0n) is 11.4. The van der Waals surface area contributed by atoms with Crippen LogP contribution in [0.1, 0.15) is 17.9 Å². The lowest BCUT2D eigenvalue weighted by Crippen LogP contribution is -2.34. The van der Waals surface area contributed by atoms with Gasteiger partial charge in [0, 0.05) is 5.92 Å². The molecule has 0 saturated heterocycles. The van der Waals surface area contributed by atoms with Gasteiger partial charge < -0.3 is 9.47 Å². The Kier molecular flexibility index (Phi) is 3.73. The molecule has 0 spiro atoms. The van der Waals surface area contributed by atoms with Crippen LogP contribution in [0.3, 0.4) is 0 Å². The lowest BCUT2D eigenvalue weighted by Gasteiger charge is -2.32. The first kappa shape index (κ1) is 12.8. The van der Waals surface area contributed by atoms with Crippen molar-refractivity contribution in [2.24, 2.45) is 0 Å². The van der Waals surface area contributed by atoms with Crippen molar-refractivity contribution in [3.63, 3.8) is 0 Å². The third-order valence-electron chi connectivity index (χ3n) is 3.63. The first-order chi connectivity index (χ1) is 9.88. The van der Waals surface area contributed by atoms with Crippen molar-refractivity contribution in [2.75, 3.05) is 6.61 Å². The number of rotatable bonds is 4. The van der Waals surface area contributed by atoms with Crippen LogP contribution >= 0.6 is 0 Å². The van der Waals surface area contributed by atoms with Crippen molar-refractivity contribution in [2.45, 2.75) is 18.4 Å². The summed E-state index contributed by atoms with van der Waals surface area (Å²) < 4.78 is 12.0. The molecule has 2 unspecified atom stereocenters. The summed E-state index contributed by atoms with van der Waals surface area (Å²) in [6.07, 6.45) is 2.84. The molecule has 2 heteroatoms. The number of benzene rings is 2. The molecule has 0 radical (unpaired) electrons. The fourth-order valence-corrected chi connectivity index (χ4v) is 2.62. The largest absolute Gasteiger partial charge is 0.486 e. The molecule has 2 atom stereocenters. The third-order valence-corrected chi connectivity index (χ3v) is 3.63. The molecule has 0 amide bonds. The van der Waals surface area contributed by atoms with Crippen molar-refractivity contribution in [1.82, 2.24) is 0 Å². The molecule has 1 heterocycles. The molecule has 1 aliphatic heterocycles. The highest BCUT2D eigenvalue weighted by molar-refractivity contribution is 5.41. The zero-order chi connectivity index (χ0) is 13.8. The Balaban J connectivity index is 1.85. The smallest absolute Gasteiger partial charge is 0.161 e. The van der Waals surface area contributed by atoms with Crippen LogP contribution in [0.15, 0.2) is 67.3 Å². The molecule has 3 rings (SSSR count). The van der Waals surface area contributed by atoms with Gasteiger partial charge in [-0.3, -0.25) is 0 Å². The fraction of sp³-hybridized carbons (Fsp3) is 0.222. The maximum absolute atomic E-state index is 6.13.